The summed E-state index contributed by atoms with van der Waals surface area (Å²) in [5.41, 5.74) is 7.23. The van der Waals surface area contributed by atoms with Gasteiger partial charge in [-0.3, -0.25) is 0 Å². The largest absolute Gasteiger partial charge is 0.399 e. The third kappa shape index (κ3) is 7.76. The second-order valence-electron chi connectivity index (χ2n) is 2.82. The molecular weight excluding hydrogens is 236 g/mol. The Balaban J connectivity index is 0. The van der Waals surface area contributed by atoms with E-state index >= 15 is 0 Å². The van der Waals surface area contributed by atoms with Crippen molar-refractivity contribution in [2.75, 3.05) is 11.1 Å². The van der Waals surface area contributed by atoms with E-state index in [4.69, 9.17) is 5.73 Å². The molecule has 0 saturated carbocycles. The number of aromatic nitrogens is 2. The van der Waals surface area contributed by atoms with Crippen molar-refractivity contribution in [2.24, 2.45) is 0 Å². The van der Waals surface area contributed by atoms with Crippen molar-refractivity contribution in [1.29, 1.82) is 0 Å². The summed E-state index contributed by atoms with van der Waals surface area (Å²) in [5, 5.41) is 3.04. The molecule has 0 radical (unpaired) electrons. The number of anilines is 3. The molecule has 0 unspecified atom stereocenters. The Morgan fingerprint density at radius 3 is 2.05 bits per heavy atom. The lowest BCUT2D eigenvalue weighted by Crippen LogP contribution is -1.96. The van der Waals surface area contributed by atoms with Crippen LogP contribution in [0, 0.1) is 0 Å². The van der Waals surface area contributed by atoms with E-state index in [1.165, 1.54) is 0 Å². The van der Waals surface area contributed by atoms with Crippen molar-refractivity contribution < 1.29 is 0 Å². The van der Waals surface area contributed by atoms with Crippen LogP contribution in [0.25, 0.3) is 0 Å². The minimum absolute atomic E-state index is 0. The molecule has 2 rings (SSSR count). The van der Waals surface area contributed by atoms with Gasteiger partial charge in [-0.05, 0) is 24.3 Å². The van der Waals surface area contributed by atoms with Crippen LogP contribution in [0.1, 0.15) is 35.1 Å². The summed E-state index contributed by atoms with van der Waals surface area (Å²) in [4.78, 5) is 8.08. The second-order valence-corrected chi connectivity index (χ2v) is 2.82. The molecule has 4 nitrogen and oxygen atoms in total. The van der Waals surface area contributed by atoms with Crippen molar-refractivity contribution in [3.8, 4) is 0 Å². The van der Waals surface area contributed by atoms with Gasteiger partial charge in [-0.25, -0.2) is 9.97 Å². The standard InChI is InChI=1S/C10H10N4.2C2H6.CH4/c11-8-3-1-4-9(7-8)14-10-12-5-2-6-13-10;2*1-2;/h1-7H,11H2,(H,12,13,14);2*1-2H3;1H4. The molecule has 0 aliphatic carbocycles. The molecule has 4 heteroatoms. The number of hydrogen-bond donors (Lipinski definition) is 2. The fraction of sp³-hybridized carbons (Fsp3) is 0.333. The van der Waals surface area contributed by atoms with Crippen LogP contribution in [0.5, 0.6) is 0 Å². The zero-order chi connectivity index (χ0) is 13.8. The van der Waals surface area contributed by atoms with Gasteiger partial charge in [0.2, 0.25) is 5.95 Å². The zero-order valence-corrected chi connectivity index (χ0v) is 11.5. The molecule has 0 atom stereocenters. The average Bonchev–Trinajstić information content (AvgIpc) is 2.44. The first kappa shape index (κ1) is 19.2. The second kappa shape index (κ2) is 12.4. The van der Waals surface area contributed by atoms with Gasteiger partial charge in [0, 0.05) is 23.8 Å². The van der Waals surface area contributed by atoms with Gasteiger partial charge in [0.05, 0.1) is 0 Å². The molecule has 0 spiro atoms. The van der Waals surface area contributed by atoms with Crippen molar-refractivity contribution in [3.63, 3.8) is 0 Å². The van der Waals surface area contributed by atoms with Crippen molar-refractivity contribution in [1.82, 2.24) is 9.97 Å². The maximum absolute atomic E-state index is 5.63. The van der Waals surface area contributed by atoms with E-state index < -0.39 is 0 Å². The maximum atomic E-state index is 5.63. The Kier molecular flexibility index (Phi) is 12.5. The smallest absolute Gasteiger partial charge is 0.227 e. The summed E-state index contributed by atoms with van der Waals surface area (Å²) >= 11 is 0. The summed E-state index contributed by atoms with van der Waals surface area (Å²) in [6.07, 6.45) is 3.36. The minimum atomic E-state index is 0. The van der Waals surface area contributed by atoms with E-state index in [2.05, 4.69) is 15.3 Å². The lowest BCUT2D eigenvalue weighted by Gasteiger charge is -2.03. The summed E-state index contributed by atoms with van der Waals surface area (Å²) < 4.78 is 0. The molecule has 1 aromatic carbocycles. The van der Waals surface area contributed by atoms with Gasteiger partial charge in [-0.15, -0.1) is 0 Å². The van der Waals surface area contributed by atoms with E-state index in [1.807, 2.05) is 52.0 Å². The van der Waals surface area contributed by atoms with Crippen LogP contribution in [0.4, 0.5) is 17.3 Å². The monoisotopic (exact) mass is 262 g/mol. The Morgan fingerprint density at radius 2 is 1.53 bits per heavy atom. The molecule has 0 aliphatic heterocycles. The molecule has 19 heavy (non-hydrogen) atoms. The third-order valence-electron chi connectivity index (χ3n) is 1.71. The molecule has 0 amide bonds. The fourth-order valence-electron chi connectivity index (χ4n) is 1.11. The predicted octanol–water partition coefficient (Wildman–Crippen LogP) is 4.49. The number of rotatable bonds is 2. The van der Waals surface area contributed by atoms with Crippen molar-refractivity contribution in [3.05, 3.63) is 42.7 Å². The number of nitrogen functional groups attached to an aromatic ring is 1. The van der Waals surface area contributed by atoms with Crippen molar-refractivity contribution >= 4 is 17.3 Å². The highest BCUT2D eigenvalue weighted by Gasteiger charge is 1.95. The topological polar surface area (TPSA) is 63.8 Å². The maximum Gasteiger partial charge on any atom is 0.227 e. The van der Waals surface area contributed by atoms with Gasteiger partial charge in [-0.2, -0.15) is 0 Å². The lowest BCUT2D eigenvalue weighted by atomic mass is 10.3. The number of benzene rings is 1. The summed E-state index contributed by atoms with van der Waals surface area (Å²) in [7, 11) is 0. The first-order chi connectivity index (χ1) is 8.84. The Bertz CT molecular complexity index is 416. The Morgan fingerprint density at radius 1 is 0.947 bits per heavy atom. The summed E-state index contributed by atoms with van der Waals surface area (Å²) in [6.45, 7) is 8.00. The van der Waals surface area contributed by atoms with Gasteiger partial charge in [0.25, 0.3) is 0 Å². The molecule has 1 heterocycles. The number of nitrogens with zero attached hydrogens (tertiary/aromatic N) is 2. The first-order valence-corrected chi connectivity index (χ1v) is 6.24. The number of nitrogens with two attached hydrogens (primary N) is 1. The van der Waals surface area contributed by atoms with Gasteiger partial charge < -0.3 is 11.1 Å². The SMILES string of the molecule is C.CC.CC.Nc1cccc(Nc2ncccn2)c1. The molecule has 0 aliphatic rings. The van der Waals surface area contributed by atoms with Crippen LogP contribution in [0.3, 0.4) is 0 Å². The van der Waals surface area contributed by atoms with Crippen LogP contribution in [0.15, 0.2) is 42.7 Å². The molecule has 1 aromatic heterocycles. The predicted molar refractivity (Wildman–Crippen MR) is 85.6 cm³/mol. The van der Waals surface area contributed by atoms with Crippen LogP contribution in [-0.4, -0.2) is 9.97 Å². The summed E-state index contributed by atoms with van der Waals surface area (Å²) in [5.74, 6) is 0.568. The zero-order valence-electron chi connectivity index (χ0n) is 11.5. The highest BCUT2D eigenvalue weighted by atomic mass is 15.1. The molecule has 3 N–H and O–H groups in total. The summed E-state index contributed by atoms with van der Waals surface area (Å²) in [6, 6.07) is 9.21. The van der Waals surface area contributed by atoms with Gasteiger partial charge in [0.1, 0.15) is 0 Å². The van der Waals surface area contributed by atoms with E-state index in [9.17, 15) is 0 Å². The lowest BCUT2D eigenvalue weighted by molar-refractivity contribution is 1.17. The molecule has 2 aromatic rings. The van der Waals surface area contributed by atoms with Gasteiger partial charge in [-0.1, -0.05) is 41.2 Å². The third-order valence-corrected chi connectivity index (χ3v) is 1.71. The van der Waals surface area contributed by atoms with E-state index in [-0.39, 0.29) is 7.43 Å². The molecule has 106 valence electrons. The van der Waals surface area contributed by atoms with Crippen LogP contribution in [-0.2, 0) is 0 Å². The van der Waals surface area contributed by atoms with Crippen LogP contribution >= 0.6 is 0 Å². The van der Waals surface area contributed by atoms with Gasteiger partial charge in [0.15, 0.2) is 0 Å². The van der Waals surface area contributed by atoms with E-state index in [0.29, 0.717) is 11.6 Å². The molecule has 0 saturated heterocycles. The fourth-order valence-corrected chi connectivity index (χ4v) is 1.11. The van der Waals surface area contributed by atoms with Crippen LogP contribution < -0.4 is 11.1 Å². The molecule has 0 fully saturated rings. The Hall–Kier alpha value is -2.10. The highest BCUT2D eigenvalue weighted by Crippen LogP contribution is 2.14. The average molecular weight is 262 g/mol. The number of hydrogen-bond acceptors (Lipinski definition) is 4. The molecular formula is C15H26N4. The van der Waals surface area contributed by atoms with E-state index in [1.54, 1.807) is 18.5 Å². The number of nitrogens with one attached hydrogen (secondary N) is 1. The minimum Gasteiger partial charge on any atom is -0.399 e. The van der Waals surface area contributed by atoms with Crippen LogP contribution in [0.2, 0.25) is 0 Å². The first-order valence-electron chi connectivity index (χ1n) is 6.24. The highest BCUT2D eigenvalue weighted by molar-refractivity contribution is 5.59. The van der Waals surface area contributed by atoms with Crippen molar-refractivity contribution in [2.45, 2.75) is 35.1 Å². The quantitative estimate of drug-likeness (QED) is 0.783. The van der Waals surface area contributed by atoms with E-state index in [0.717, 1.165) is 5.69 Å². The molecule has 0 bridgehead atoms. The Labute approximate surface area is 117 Å². The van der Waals surface area contributed by atoms with Gasteiger partial charge >= 0.3 is 0 Å². The normalized spacial score (nSPS) is 7.79.